The van der Waals surface area contributed by atoms with Crippen LogP contribution in [0.25, 0.3) is 0 Å². The van der Waals surface area contributed by atoms with Crippen molar-refractivity contribution in [2.75, 3.05) is 13.1 Å². The molecule has 0 bridgehead atoms. The standard InChI is InChI=1S/C23H22FN5O2S/c24-20-10-5-4-7-17(20)15-29-21-11-14-28(32(30,31)18-8-2-1-3-9-18)16-19(21)22(27-29)23-25-12-6-13-26-23/h1-10,12-13,19,21H,11,14-16H2. The van der Waals surface area contributed by atoms with Crippen molar-refractivity contribution in [1.29, 1.82) is 0 Å². The molecular formula is C23H22FN5O2S. The summed E-state index contributed by atoms with van der Waals surface area (Å²) in [5.74, 6) is -0.0262. The van der Waals surface area contributed by atoms with Gasteiger partial charge < -0.3 is 0 Å². The number of rotatable bonds is 5. The molecule has 0 aliphatic carbocycles. The Morgan fingerprint density at radius 3 is 2.44 bits per heavy atom. The second-order valence-electron chi connectivity index (χ2n) is 7.89. The zero-order chi connectivity index (χ0) is 22.1. The average molecular weight is 452 g/mol. The Labute approximate surface area is 186 Å². The van der Waals surface area contributed by atoms with Crippen LogP contribution in [0.15, 0.2) is 83.1 Å². The third-order valence-corrected chi connectivity index (χ3v) is 7.85. The Morgan fingerprint density at radius 2 is 1.69 bits per heavy atom. The normalized spacial score (nSPS) is 21.3. The van der Waals surface area contributed by atoms with E-state index in [1.807, 2.05) is 5.01 Å². The molecule has 5 rings (SSSR count). The Kier molecular flexibility index (Phi) is 5.44. The molecule has 2 aromatic carbocycles. The van der Waals surface area contributed by atoms with E-state index in [2.05, 4.69) is 9.97 Å². The van der Waals surface area contributed by atoms with Gasteiger partial charge in [-0.05, 0) is 30.7 Å². The van der Waals surface area contributed by atoms with Gasteiger partial charge in [0.15, 0.2) is 5.82 Å². The third-order valence-electron chi connectivity index (χ3n) is 5.98. The van der Waals surface area contributed by atoms with Crippen LogP contribution < -0.4 is 0 Å². The van der Waals surface area contributed by atoms with Crippen LogP contribution in [-0.4, -0.2) is 52.5 Å². The summed E-state index contributed by atoms with van der Waals surface area (Å²) in [5, 5.41) is 6.63. The van der Waals surface area contributed by atoms with E-state index in [0.717, 1.165) is 0 Å². The van der Waals surface area contributed by atoms with Crippen molar-refractivity contribution in [2.24, 2.45) is 11.0 Å². The molecule has 2 aliphatic rings. The molecule has 164 valence electrons. The number of hydrogen-bond acceptors (Lipinski definition) is 6. The van der Waals surface area contributed by atoms with Gasteiger partial charge >= 0.3 is 0 Å². The average Bonchev–Trinajstić information content (AvgIpc) is 3.19. The quantitative estimate of drug-likeness (QED) is 0.596. The van der Waals surface area contributed by atoms with Crippen molar-refractivity contribution in [3.63, 3.8) is 0 Å². The van der Waals surface area contributed by atoms with Crippen molar-refractivity contribution >= 4 is 15.7 Å². The molecule has 2 unspecified atom stereocenters. The molecule has 7 nitrogen and oxygen atoms in total. The number of sulfonamides is 1. The lowest BCUT2D eigenvalue weighted by atomic mass is 9.89. The van der Waals surface area contributed by atoms with Crippen LogP contribution in [0.1, 0.15) is 17.8 Å². The maximum absolute atomic E-state index is 14.3. The van der Waals surface area contributed by atoms with Crippen molar-refractivity contribution in [1.82, 2.24) is 19.3 Å². The highest BCUT2D eigenvalue weighted by Gasteiger charge is 2.45. The Balaban J connectivity index is 1.47. The van der Waals surface area contributed by atoms with Crippen LogP contribution in [0, 0.1) is 11.7 Å². The van der Waals surface area contributed by atoms with Crippen LogP contribution in [0.5, 0.6) is 0 Å². The van der Waals surface area contributed by atoms with E-state index in [1.165, 1.54) is 10.4 Å². The number of benzene rings is 2. The first-order chi connectivity index (χ1) is 15.5. The van der Waals surface area contributed by atoms with Gasteiger partial charge in [0, 0.05) is 37.0 Å². The summed E-state index contributed by atoms with van der Waals surface area (Å²) < 4.78 is 42.3. The van der Waals surface area contributed by atoms with Crippen molar-refractivity contribution in [3.8, 4) is 0 Å². The summed E-state index contributed by atoms with van der Waals surface area (Å²) in [6, 6.07) is 16.7. The van der Waals surface area contributed by atoms with Gasteiger partial charge in [-0.2, -0.15) is 9.41 Å². The summed E-state index contributed by atoms with van der Waals surface area (Å²) in [7, 11) is -3.63. The second-order valence-corrected chi connectivity index (χ2v) is 9.82. The van der Waals surface area contributed by atoms with Gasteiger partial charge in [0.05, 0.1) is 17.5 Å². The van der Waals surface area contributed by atoms with Gasteiger partial charge in [-0.25, -0.2) is 22.8 Å². The SMILES string of the molecule is O=S(=O)(c1ccccc1)N1CCC2C(C1)C(c1ncccn1)=NN2Cc1ccccc1F. The first-order valence-electron chi connectivity index (χ1n) is 10.4. The van der Waals surface area contributed by atoms with E-state index in [0.29, 0.717) is 36.6 Å². The van der Waals surface area contributed by atoms with Crippen LogP contribution in [0.3, 0.4) is 0 Å². The molecule has 2 atom stereocenters. The molecule has 32 heavy (non-hydrogen) atoms. The highest BCUT2D eigenvalue weighted by atomic mass is 32.2. The van der Waals surface area contributed by atoms with E-state index >= 15 is 0 Å². The molecule has 9 heteroatoms. The molecule has 0 amide bonds. The fourth-order valence-corrected chi connectivity index (χ4v) is 5.88. The maximum atomic E-state index is 14.3. The summed E-state index contributed by atoms with van der Waals surface area (Å²) in [6.07, 6.45) is 3.85. The first-order valence-corrected chi connectivity index (χ1v) is 11.9. The van der Waals surface area contributed by atoms with E-state index in [-0.39, 0.29) is 29.2 Å². The number of fused-ring (bicyclic) bond motifs is 1. The molecule has 3 heterocycles. The summed E-state index contributed by atoms with van der Waals surface area (Å²) in [5.41, 5.74) is 1.18. The van der Waals surface area contributed by atoms with Crippen molar-refractivity contribution in [2.45, 2.75) is 23.9 Å². The second kappa shape index (κ2) is 8.40. The van der Waals surface area contributed by atoms with Gasteiger partial charge in [-0.15, -0.1) is 0 Å². The summed E-state index contributed by atoms with van der Waals surface area (Å²) >= 11 is 0. The molecule has 0 spiro atoms. The fraction of sp³-hybridized carbons (Fsp3) is 0.261. The van der Waals surface area contributed by atoms with Crippen LogP contribution in [0.2, 0.25) is 0 Å². The van der Waals surface area contributed by atoms with E-state index in [9.17, 15) is 12.8 Å². The monoisotopic (exact) mass is 451 g/mol. The summed E-state index contributed by atoms with van der Waals surface area (Å²) in [4.78, 5) is 8.96. The molecule has 0 saturated carbocycles. The Hall–Kier alpha value is -3.17. The molecule has 0 N–H and O–H groups in total. The van der Waals surface area contributed by atoms with E-state index in [1.54, 1.807) is 67.0 Å². The molecule has 3 aromatic rings. The zero-order valence-electron chi connectivity index (χ0n) is 17.3. The topological polar surface area (TPSA) is 78.8 Å². The molecule has 0 radical (unpaired) electrons. The van der Waals surface area contributed by atoms with Crippen molar-refractivity contribution in [3.05, 3.63) is 90.3 Å². The van der Waals surface area contributed by atoms with Gasteiger partial charge in [-0.3, -0.25) is 5.01 Å². The predicted molar refractivity (Wildman–Crippen MR) is 118 cm³/mol. The first kappa shape index (κ1) is 20.7. The minimum atomic E-state index is -3.63. The minimum absolute atomic E-state index is 0.0596. The number of nitrogens with zero attached hydrogens (tertiary/aromatic N) is 5. The van der Waals surface area contributed by atoms with Gasteiger partial charge in [-0.1, -0.05) is 36.4 Å². The number of halogens is 1. The fourth-order valence-electron chi connectivity index (χ4n) is 4.38. The number of hydrogen-bond donors (Lipinski definition) is 0. The smallest absolute Gasteiger partial charge is 0.243 e. The Bertz CT molecular complexity index is 1240. The van der Waals surface area contributed by atoms with Gasteiger partial charge in [0.25, 0.3) is 0 Å². The lowest BCUT2D eigenvalue weighted by Crippen LogP contribution is -2.50. The predicted octanol–water partition coefficient (Wildman–Crippen LogP) is 2.92. The molecule has 1 aromatic heterocycles. The number of piperidine rings is 1. The number of hydrazone groups is 1. The lowest BCUT2D eigenvalue weighted by Gasteiger charge is -2.37. The van der Waals surface area contributed by atoms with Crippen LogP contribution in [0.4, 0.5) is 4.39 Å². The minimum Gasteiger partial charge on any atom is -0.288 e. The van der Waals surface area contributed by atoms with E-state index < -0.39 is 10.0 Å². The Morgan fingerprint density at radius 1 is 0.969 bits per heavy atom. The molecular weight excluding hydrogens is 429 g/mol. The highest BCUT2D eigenvalue weighted by Crippen LogP contribution is 2.35. The largest absolute Gasteiger partial charge is 0.288 e. The summed E-state index contributed by atoms with van der Waals surface area (Å²) in [6.45, 7) is 0.937. The molecule has 1 fully saturated rings. The third kappa shape index (κ3) is 3.78. The lowest BCUT2D eigenvalue weighted by molar-refractivity contribution is 0.135. The number of aromatic nitrogens is 2. The van der Waals surface area contributed by atoms with Gasteiger partial charge in [0.1, 0.15) is 11.5 Å². The van der Waals surface area contributed by atoms with E-state index in [4.69, 9.17) is 5.10 Å². The zero-order valence-corrected chi connectivity index (χ0v) is 18.1. The maximum Gasteiger partial charge on any atom is 0.243 e. The highest BCUT2D eigenvalue weighted by molar-refractivity contribution is 7.89. The van der Waals surface area contributed by atoms with Crippen LogP contribution >= 0.6 is 0 Å². The van der Waals surface area contributed by atoms with Gasteiger partial charge in [0.2, 0.25) is 10.0 Å². The molecule has 2 aliphatic heterocycles. The van der Waals surface area contributed by atoms with Crippen LogP contribution in [-0.2, 0) is 16.6 Å². The molecule has 1 saturated heterocycles. The van der Waals surface area contributed by atoms with Crippen molar-refractivity contribution < 1.29 is 12.8 Å².